The van der Waals surface area contributed by atoms with Crippen LogP contribution < -0.4 is 10.2 Å². The summed E-state index contributed by atoms with van der Waals surface area (Å²) in [5, 5.41) is 3.73. The lowest BCUT2D eigenvalue weighted by molar-refractivity contribution is -0.113. The monoisotopic (exact) mass is 425 g/mol. The van der Waals surface area contributed by atoms with Gasteiger partial charge in [0.05, 0.1) is 16.4 Å². The minimum atomic E-state index is -0.511. The number of hydrogen-bond donors (Lipinski definition) is 1. The summed E-state index contributed by atoms with van der Waals surface area (Å²) in [5.41, 5.74) is 4.17. The van der Waals surface area contributed by atoms with Crippen LogP contribution in [0.15, 0.2) is 60.3 Å². The van der Waals surface area contributed by atoms with E-state index in [4.69, 9.17) is 23.2 Å². The maximum atomic E-state index is 12.9. The summed E-state index contributed by atoms with van der Waals surface area (Å²) in [6, 6.07) is 15.6. The number of nitrogens with one attached hydrogen (secondary N) is 1. The van der Waals surface area contributed by atoms with Crippen molar-refractivity contribution in [1.82, 2.24) is 9.88 Å². The zero-order valence-electron chi connectivity index (χ0n) is 15.7. The molecule has 3 aromatic rings. The van der Waals surface area contributed by atoms with Gasteiger partial charge in [0.2, 0.25) is 0 Å². The van der Waals surface area contributed by atoms with Gasteiger partial charge in [-0.25, -0.2) is 9.69 Å². The van der Waals surface area contributed by atoms with E-state index >= 15 is 0 Å². The maximum absolute atomic E-state index is 12.9. The van der Waals surface area contributed by atoms with Gasteiger partial charge in [0.15, 0.2) is 0 Å². The van der Waals surface area contributed by atoms with Gasteiger partial charge in [-0.15, -0.1) is 0 Å². The molecule has 0 spiro atoms. The molecule has 5 nitrogen and oxygen atoms in total. The van der Waals surface area contributed by atoms with Gasteiger partial charge in [0.25, 0.3) is 5.91 Å². The van der Waals surface area contributed by atoms with E-state index in [2.05, 4.69) is 5.32 Å². The quantitative estimate of drug-likeness (QED) is 0.444. The Labute approximate surface area is 178 Å². The van der Waals surface area contributed by atoms with Gasteiger partial charge in [0.1, 0.15) is 5.70 Å². The van der Waals surface area contributed by atoms with Crippen molar-refractivity contribution < 1.29 is 9.59 Å². The standard InChI is InChI=1S/C22H17Cl2N3O2/c1-13-10-15(14(2)26(13)20-9-4-3-8-18(20)24)11-19-21(28)27(22(29)25-19)17-7-5-6-16(23)12-17/h3-12H,1-2H3,(H,25,29)/b19-11+. The summed E-state index contributed by atoms with van der Waals surface area (Å²) in [7, 11) is 0. The molecule has 2 aromatic carbocycles. The SMILES string of the molecule is Cc1cc(/C=C2/NC(=O)N(c3cccc(Cl)c3)C2=O)c(C)n1-c1ccccc1Cl. The number of urea groups is 1. The fourth-order valence-corrected chi connectivity index (χ4v) is 3.88. The van der Waals surface area contributed by atoms with E-state index < -0.39 is 11.9 Å². The molecule has 0 bridgehead atoms. The number of aromatic nitrogens is 1. The topological polar surface area (TPSA) is 54.3 Å². The van der Waals surface area contributed by atoms with Gasteiger partial charge in [-0.2, -0.15) is 0 Å². The van der Waals surface area contributed by atoms with Crippen molar-refractivity contribution in [2.24, 2.45) is 0 Å². The molecule has 29 heavy (non-hydrogen) atoms. The molecule has 7 heteroatoms. The molecule has 0 unspecified atom stereocenters. The number of hydrogen-bond acceptors (Lipinski definition) is 2. The molecule has 0 radical (unpaired) electrons. The number of aryl methyl sites for hydroxylation is 1. The van der Waals surface area contributed by atoms with Crippen molar-refractivity contribution in [3.63, 3.8) is 0 Å². The smallest absolute Gasteiger partial charge is 0.316 e. The molecule has 1 saturated heterocycles. The second-order valence-corrected chi connectivity index (χ2v) is 7.57. The fraction of sp³-hybridized carbons (Fsp3) is 0.0909. The van der Waals surface area contributed by atoms with E-state index in [1.54, 1.807) is 30.3 Å². The zero-order chi connectivity index (χ0) is 20.7. The van der Waals surface area contributed by atoms with Crippen LogP contribution in [0.5, 0.6) is 0 Å². The molecule has 4 rings (SSSR count). The third-order valence-corrected chi connectivity index (χ3v) is 5.36. The molecule has 146 valence electrons. The van der Waals surface area contributed by atoms with Crippen molar-refractivity contribution in [3.8, 4) is 5.69 Å². The average Bonchev–Trinajstić information content (AvgIpc) is 3.11. The molecular formula is C22H17Cl2N3O2. The Morgan fingerprint density at radius 2 is 1.72 bits per heavy atom. The Balaban J connectivity index is 1.73. The van der Waals surface area contributed by atoms with Gasteiger partial charge in [-0.1, -0.05) is 41.4 Å². The van der Waals surface area contributed by atoms with Crippen LogP contribution in [-0.4, -0.2) is 16.5 Å². The van der Waals surface area contributed by atoms with Gasteiger partial charge in [-0.05, 0) is 61.9 Å². The highest BCUT2D eigenvalue weighted by molar-refractivity contribution is 6.33. The lowest BCUT2D eigenvalue weighted by Gasteiger charge is -2.12. The molecule has 1 aromatic heterocycles. The largest absolute Gasteiger partial charge is 0.333 e. The molecular weight excluding hydrogens is 409 g/mol. The Hall–Kier alpha value is -3.02. The highest BCUT2D eigenvalue weighted by Gasteiger charge is 2.35. The molecule has 1 aliphatic heterocycles. The second-order valence-electron chi connectivity index (χ2n) is 6.72. The predicted octanol–water partition coefficient (Wildman–Crippen LogP) is 5.50. The minimum absolute atomic E-state index is 0.203. The van der Waals surface area contributed by atoms with Crippen molar-refractivity contribution >= 4 is 46.9 Å². The lowest BCUT2D eigenvalue weighted by atomic mass is 10.2. The van der Waals surface area contributed by atoms with Crippen molar-refractivity contribution in [2.75, 3.05) is 4.90 Å². The van der Waals surface area contributed by atoms with Gasteiger partial charge >= 0.3 is 6.03 Å². The average molecular weight is 426 g/mol. The Morgan fingerprint density at radius 3 is 2.45 bits per heavy atom. The first-order valence-corrected chi connectivity index (χ1v) is 9.69. The molecule has 1 aliphatic rings. The van der Waals surface area contributed by atoms with Crippen molar-refractivity contribution in [2.45, 2.75) is 13.8 Å². The lowest BCUT2D eigenvalue weighted by Crippen LogP contribution is -2.30. The summed E-state index contributed by atoms with van der Waals surface area (Å²) in [6.45, 7) is 3.91. The third-order valence-electron chi connectivity index (χ3n) is 4.81. The molecule has 3 amide bonds. The first-order chi connectivity index (χ1) is 13.9. The van der Waals surface area contributed by atoms with Crippen LogP contribution in [0.2, 0.25) is 10.0 Å². The summed E-state index contributed by atoms with van der Waals surface area (Å²) in [6.07, 6.45) is 1.68. The van der Waals surface area contributed by atoms with E-state index in [9.17, 15) is 9.59 Å². The molecule has 1 N–H and O–H groups in total. The fourth-order valence-electron chi connectivity index (χ4n) is 3.48. The number of imide groups is 1. The van der Waals surface area contributed by atoms with Crippen LogP contribution in [0.1, 0.15) is 17.0 Å². The van der Waals surface area contributed by atoms with Crippen molar-refractivity contribution in [3.05, 3.63) is 87.3 Å². The Morgan fingerprint density at radius 1 is 0.966 bits per heavy atom. The predicted molar refractivity (Wildman–Crippen MR) is 116 cm³/mol. The summed E-state index contributed by atoms with van der Waals surface area (Å²) in [5.74, 6) is -0.431. The van der Waals surface area contributed by atoms with E-state index in [1.807, 2.05) is 48.7 Å². The van der Waals surface area contributed by atoms with Gasteiger partial charge in [-0.3, -0.25) is 4.79 Å². The summed E-state index contributed by atoms with van der Waals surface area (Å²) < 4.78 is 2.02. The molecule has 1 fully saturated rings. The van der Waals surface area contributed by atoms with E-state index in [0.717, 1.165) is 27.5 Å². The van der Waals surface area contributed by atoms with E-state index in [-0.39, 0.29) is 5.70 Å². The number of anilines is 1. The number of carbonyl (C=O) groups is 2. The number of rotatable bonds is 3. The van der Waals surface area contributed by atoms with E-state index in [0.29, 0.717) is 15.7 Å². The van der Waals surface area contributed by atoms with Crippen LogP contribution >= 0.6 is 23.2 Å². The first-order valence-electron chi connectivity index (χ1n) is 8.93. The molecule has 0 aliphatic carbocycles. The van der Waals surface area contributed by atoms with Crippen LogP contribution in [0, 0.1) is 13.8 Å². The van der Waals surface area contributed by atoms with Crippen molar-refractivity contribution in [1.29, 1.82) is 0 Å². The minimum Gasteiger partial charge on any atom is -0.316 e. The van der Waals surface area contributed by atoms with Crippen LogP contribution in [0.3, 0.4) is 0 Å². The van der Waals surface area contributed by atoms with Crippen LogP contribution in [0.4, 0.5) is 10.5 Å². The number of nitrogens with zero attached hydrogens (tertiary/aromatic N) is 2. The number of carbonyl (C=O) groups excluding carboxylic acids is 2. The number of benzene rings is 2. The highest BCUT2D eigenvalue weighted by atomic mass is 35.5. The first kappa shape index (κ1) is 19.3. The number of para-hydroxylation sites is 1. The maximum Gasteiger partial charge on any atom is 0.333 e. The Kier molecular flexibility index (Phi) is 4.94. The number of amides is 3. The summed E-state index contributed by atoms with van der Waals surface area (Å²) >= 11 is 12.4. The molecule has 0 atom stereocenters. The third kappa shape index (κ3) is 3.43. The second kappa shape index (κ2) is 7.43. The normalized spacial score (nSPS) is 15.3. The Bertz CT molecular complexity index is 1180. The number of halogens is 2. The van der Waals surface area contributed by atoms with E-state index in [1.165, 1.54) is 0 Å². The van der Waals surface area contributed by atoms with Crippen LogP contribution in [0.25, 0.3) is 11.8 Å². The molecule has 0 saturated carbocycles. The zero-order valence-corrected chi connectivity index (χ0v) is 17.3. The van der Waals surface area contributed by atoms with Crippen LogP contribution in [-0.2, 0) is 4.79 Å². The van der Waals surface area contributed by atoms with Gasteiger partial charge in [0, 0.05) is 16.4 Å². The highest BCUT2D eigenvalue weighted by Crippen LogP contribution is 2.29. The molecule has 2 heterocycles. The summed E-state index contributed by atoms with van der Waals surface area (Å²) in [4.78, 5) is 26.3. The van der Waals surface area contributed by atoms with Gasteiger partial charge < -0.3 is 9.88 Å².